The third-order valence-electron chi connectivity index (χ3n) is 3.44. The predicted octanol–water partition coefficient (Wildman–Crippen LogP) is 1.98. The van der Waals surface area contributed by atoms with E-state index in [1.807, 2.05) is 29.8 Å². The molecular weight excluding hydrogens is 270 g/mol. The van der Waals surface area contributed by atoms with Crippen molar-refractivity contribution in [1.82, 2.24) is 9.78 Å². The molecule has 0 spiro atoms. The highest BCUT2D eigenvalue weighted by molar-refractivity contribution is 5.51. The molecule has 2 N–H and O–H groups in total. The maximum atomic E-state index is 6.47. The largest absolute Gasteiger partial charge is 0.496 e. The first-order valence-electron chi connectivity index (χ1n) is 6.74. The summed E-state index contributed by atoms with van der Waals surface area (Å²) in [5.74, 6) is 2.00. The molecule has 1 aromatic carbocycles. The molecular formula is C15H21N3O3. The minimum Gasteiger partial charge on any atom is -0.496 e. The van der Waals surface area contributed by atoms with Crippen LogP contribution in [-0.2, 0) is 6.54 Å². The minimum atomic E-state index is -0.464. The van der Waals surface area contributed by atoms with Crippen molar-refractivity contribution in [2.45, 2.75) is 19.5 Å². The van der Waals surface area contributed by atoms with Crippen LogP contribution < -0.4 is 19.9 Å². The first kappa shape index (κ1) is 15.2. The number of ether oxygens (including phenoxy) is 3. The van der Waals surface area contributed by atoms with Crippen LogP contribution in [0.15, 0.2) is 24.4 Å². The number of benzene rings is 1. The first-order valence-corrected chi connectivity index (χ1v) is 6.74. The summed E-state index contributed by atoms with van der Waals surface area (Å²) in [5.41, 5.74) is 8.03. The van der Waals surface area contributed by atoms with Gasteiger partial charge >= 0.3 is 0 Å². The van der Waals surface area contributed by atoms with Gasteiger partial charge in [0.2, 0.25) is 0 Å². The van der Waals surface area contributed by atoms with Crippen LogP contribution in [0.4, 0.5) is 0 Å². The molecule has 0 saturated carbocycles. The van der Waals surface area contributed by atoms with Crippen molar-refractivity contribution in [2.24, 2.45) is 5.73 Å². The monoisotopic (exact) mass is 291 g/mol. The molecule has 1 atom stereocenters. The normalized spacial score (nSPS) is 12.0. The first-order chi connectivity index (χ1) is 10.2. The number of aryl methyl sites for hydroxylation is 1. The third-order valence-corrected chi connectivity index (χ3v) is 3.44. The SMILES string of the molecule is CCn1ncc(OC)c1C(N)c1c(OC)cccc1OC. The molecule has 0 aliphatic rings. The molecule has 114 valence electrons. The lowest BCUT2D eigenvalue weighted by atomic mass is 10.0. The summed E-state index contributed by atoms with van der Waals surface area (Å²) in [7, 11) is 4.82. The van der Waals surface area contributed by atoms with Gasteiger partial charge in [0, 0.05) is 6.54 Å². The van der Waals surface area contributed by atoms with E-state index in [4.69, 9.17) is 19.9 Å². The third kappa shape index (κ3) is 2.67. The van der Waals surface area contributed by atoms with Gasteiger partial charge in [-0.15, -0.1) is 0 Å². The fourth-order valence-electron chi connectivity index (χ4n) is 2.42. The van der Waals surface area contributed by atoms with Crippen LogP contribution in [0.25, 0.3) is 0 Å². The molecule has 21 heavy (non-hydrogen) atoms. The van der Waals surface area contributed by atoms with E-state index in [9.17, 15) is 0 Å². The van der Waals surface area contributed by atoms with Crippen molar-refractivity contribution in [1.29, 1.82) is 0 Å². The average Bonchev–Trinajstić information content (AvgIpc) is 2.96. The van der Waals surface area contributed by atoms with Crippen molar-refractivity contribution < 1.29 is 14.2 Å². The van der Waals surface area contributed by atoms with Crippen LogP contribution in [0.3, 0.4) is 0 Å². The number of aromatic nitrogens is 2. The molecule has 1 unspecified atom stereocenters. The van der Waals surface area contributed by atoms with Crippen LogP contribution in [0.1, 0.15) is 24.2 Å². The van der Waals surface area contributed by atoms with E-state index in [0.717, 1.165) is 11.3 Å². The second-order valence-corrected chi connectivity index (χ2v) is 4.47. The van der Waals surface area contributed by atoms with E-state index in [2.05, 4.69) is 5.10 Å². The molecule has 0 amide bonds. The molecule has 0 bridgehead atoms. The molecule has 0 aliphatic heterocycles. The van der Waals surface area contributed by atoms with E-state index >= 15 is 0 Å². The van der Waals surface area contributed by atoms with Crippen LogP contribution >= 0.6 is 0 Å². The Morgan fingerprint density at radius 1 is 1.10 bits per heavy atom. The van der Waals surface area contributed by atoms with Crippen molar-refractivity contribution >= 4 is 0 Å². The number of nitrogens with two attached hydrogens (primary N) is 1. The van der Waals surface area contributed by atoms with E-state index in [0.29, 0.717) is 23.8 Å². The number of methoxy groups -OCH3 is 3. The van der Waals surface area contributed by atoms with Crippen LogP contribution in [-0.4, -0.2) is 31.1 Å². The molecule has 0 aliphatic carbocycles. The molecule has 6 heteroatoms. The number of hydrogen-bond acceptors (Lipinski definition) is 5. The van der Waals surface area contributed by atoms with Gasteiger partial charge in [0.05, 0.1) is 39.1 Å². The van der Waals surface area contributed by atoms with Crippen molar-refractivity contribution in [3.05, 3.63) is 35.7 Å². The van der Waals surface area contributed by atoms with Crippen LogP contribution in [0, 0.1) is 0 Å². The Kier molecular flexibility index (Phi) is 4.70. The Morgan fingerprint density at radius 3 is 2.14 bits per heavy atom. The molecule has 2 aromatic rings. The number of hydrogen-bond donors (Lipinski definition) is 1. The maximum absolute atomic E-state index is 6.47. The van der Waals surface area contributed by atoms with E-state index < -0.39 is 6.04 Å². The molecule has 0 radical (unpaired) electrons. The van der Waals surface area contributed by atoms with Gasteiger partial charge in [-0.05, 0) is 19.1 Å². The molecule has 1 heterocycles. The average molecular weight is 291 g/mol. The summed E-state index contributed by atoms with van der Waals surface area (Å²) >= 11 is 0. The Labute approximate surface area is 124 Å². The summed E-state index contributed by atoms with van der Waals surface area (Å²) in [6.07, 6.45) is 1.67. The lowest BCUT2D eigenvalue weighted by Gasteiger charge is -2.20. The maximum Gasteiger partial charge on any atom is 0.161 e. The summed E-state index contributed by atoms with van der Waals surface area (Å²) < 4.78 is 18.0. The fourth-order valence-corrected chi connectivity index (χ4v) is 2.42. The predicted molar refractivity (Wildman–Crippen MR) is 80.0 cm³/mol. The topological polar surface area (TPSA) is 71.5 Å². The Hall–Kier alpha value is -2.21. The van der Waals surface area contributed by atoms with Gasteiger partial charge in [-0.2, -0.15) is 5.10 Å². The highest BCUT2D eigenvalue weighted by Gasteiger charge is 2.25. The highest BCUT2D eigenvalue weighted by Crippen LogP contribution is 2.38. The minimum absolute atomic E-state index is 0.464. The van der Waals surface area contributed by atoms with E-state index in [1.54, 1.807) is 27.5 Å². The van der Waals surface area contributed by atoms with Gasteiger partial charge < -0.3 is 19.9 Å². The molecule has 6 nitrogen and oxygen atoms in total. The Morgan fingerprint density at radius 2 is 1.67 bits per heavy atom. The molecule has 0 fully saturated rings. The standard InChI is InChI=1S/C15H21N3O3/c1-5-18-15(12(21-4)9-17-18)14(16)13-10(19-2)7-6-8-11(13)20-3/h6-9,14H,5,16H2,1-4H3. The second-order valence-electron chi connectivity index (χ2n) is 4.47. The fraction of sp³-hybridized carbons (Fsp3) is 0.400. The lowest BCUT2D eigenvalue weighted by Crippen LogP contribution is -2.19. The van der Waals surface area contributed by atoms with Gasteiger partial charge in [0.15, 0.2) is 5.75 Å². The zero-order chi connectivity index (χ0) is 15.4. The van der Waals surface area contributed by atoms with Gasteiger partial charge in [-0.3, -0.25) is 4.68 Å². The molecule has 2 rings (SSSR count). The zero-order valence-corrected chi connectivity index (χ0v) is 12.8. The summed E-state index contributed by atoms with van der Waals surface area (Å²) in [6, 6.07) is 5.11. The van der Waals surface area contributed by atoms with Crippen molar-refractivity contribution in [3.63, 3.8) is 0 Å². The summed E-state index contributed by atoms with van der Waals surface area (Å²) in [6.45, 7) is 2.70. The quantitative estimate of drug-likeness (QED) is 0.881. The van der Waals surface area contributed by atoms with Crippen molar-refractivity contribution in [2.75, 3.05) is 21.3 Å². The van der Waals surface area contributed by atoms with E-state index in [1.165, 1.54) is 0 Å². The van der Waals surface area contributed by atoms with Gasteiger partial charge in [0.25, 0.3) is 0 Å². The van der Waals surface area contributed by atoms with E-state index in [-0.39, 0.29) is 0 Å². The van der Waals surface area contributed by atoms with Gasteiger partial charge in [-0.25, -0.2) is 0 Å². The summed E-state index contributed by atoms with van der Waals surface area (Å²) in [4.78, 5) is 0. The van der Waals surface area contributed by atoms with Gasteiger partial charge in [-0.1, -0.05) is 6.07 Å². The second kappa shape index (κ2) is 6.49. The molecule has 0 saturated heterocycles. The zero-order valence-electron chi connectivity index (χ0n) is 12.8. The summed E-state index contributed by atoms with van der Waals surface area (Å²) in [5, 5.41) is 4.29. The van der Waals surface area contributed by atoms with Crippen molar-refractivity contribution in [3.8, 4) is 17.2 Å². The van der Waals surface area contributed by atoms with Gasteiger partial charge in [0.1, 0.15) is 17.2 Å². The highest BCUT2D eigenvalue weighted by atomic mass is 16.5. The number of rotatable bonds is 6. The Balaban J connectivity index is 2.59. The Bertz CT molecular complexity index is 566. The molecule has 1 aromatic heterocycles. The smallest absolute Gasteiger partial charge is 0.161 e. The number of nitrogens with zero attached hydrogens (tertiary/aromatic N) is 2. The van der Waals surface area contributed by atoms with Crippen LogP contribution in [0.2, 0.25) is 0 Å². The van der Waals surface area contributed by atoms with Crippen LogP contribution in [0.5, 0.6) is 17.2 Å². The lowest BCUT2D eigenvalue weighted by molar-refractivity contribution is 0.376.